The van der Waals surface area contributed by atoms with Crippen LogP contribution in [0.5, 0.6) is 5.75 Å². The third-order valence-corrected chi connectivity index (χ3v) is 5.74. The Morgan fingerprint density at radius 2 is 1.84 bits per heavy atom. The number of nitrogens with zero attached hydrogens (tertiary/aromatic N) is 1. The molecule has 2 aromatic carbocycles. The van der Waals surface area contributed by atoms with Gasteiger partial charge in [0.15, 0.2) is 5.96 Å². The SMILES string of the molecule is CCOc1ccc(C2(CNC(=NC)NCc3ccc(C)c(F)c3)CCOCC2)cc1.I. The first-order chi connectivity index (χ1) is 14.6. The summed E-state index contributed by atoms with van der Waals surface area (Å²) < 4.78 is 25.0. The normalized spacial score (nSPS) is 15.7. The topological polar surface area (TPSA) is 54.9 Å². The minimum atomic E-state index is -0.186. The van der Waals surface area contributed by atoms with Gasteiger partial charge in [-0.3, -0.25) is 4.99 Å². The van der Waals surface area contributed by atoms with Gasteiger partial charge in [0.2, 0.25) is 0 Å². The van der Waals surface area contributed by atoms with Crippen molar-refractivity contribution in [2.45, 2.75) is 38.6 Å². The number of halogens is 2. The average molecular weight is 541 g/mol. The van der Waals surface area contributed by atoms with E-state index in [1.165, 1.54) is 5.56 Å². The summed E-state index contributed by atoms with van der Waals surface area (Å²) in [5.41, 5.74) is 2.78. The van der Waals surface area contributed by atoms with Crippen LogP contribution in [0.4, 0.5) is 4.39 Å². The van der Waals surface area contributed by atoms with Crippen molar-refractivity contribution in [3.8, 4) is 5.75 Å². The van der Waals surface area contributed by atoms with Crippen LogP contribution in [-0.4, -0.2) is 39.4 Å². The van der Waals surface area contributed by atoms with E-state index in [-0.39, 0.29) is 35.2 Å². The Bertz CT molecular complexity index is 852. The molecule has 2 N–H and O–H groups in total. The van der Waals surface area contributed by atoms with E-state index in [0.717, 1.165) is 43.9 Å². The number of ether oxygens (including phenoxy) is 2. The minimum Gasteiger partial charge on any atom is -0.494 e. The van der Waals surface area contributed by atoms with Crippen LogP contribution >= 0.6 is 24.0 Å². The van der Waals surface area contributed by atoms with Gasteiger partial charge in [0.05, 0.1) is 6.61 Å². The lowest BCUT2D eigenvalue weighted by Crippen LogP contribution is -2.47. The van der Waals surface area contributed by atoms with E-state index in [9.17, 15) is 4.39 Å². The van der Waals surface area contributed by atoms with Crippen LogP contribution in [0.3, 0.4) is 0 Å². The summed E-state index contributed by atoms with van der Waals surface area (Å²) in [7, 11) is 1.75. The zero-order valence-corrected chi connectivity index (χ0v) is 20.9. The molecule has 0 radical (unpaired) electrons. The number of guanidine groups is 1. The Morgan fingerprint density at radius 1 is 1.13 bits per heavy atom. The zero-order chi connectivity index (χ0) is 21.4. The molecule has 0 spiro atoms. The molecule has 0 aliphatic carbocycles. The van der Waals surface area contributed by atoms with Gasteiger partial charge >= 0.3 is 0 Å². The van der Waals surface area contributed by atoms with Gasteiger partial charge in [0.25, 0.3) is 0 Å². The van der Waals surface area contributed by atoms with Gasteiger partial charge in [-0.2, -0.15) is 0 Å². The quantitative estimate of drug-likeness (QED) is 0.307. The molecular weight excluding hydrogens is 508 g/mol. The number of nitrogens with one attached hydrogen (secondary N) is 2. The average Bonchev–Trinajstić information content (AvgIpc) is 2.77. The van der Waals surface area contributed by atoms with Crippen molar-refractivity contribution in [3.63, 3.8) is 0 Å². The fraction of sp³-hybridized carbons (Fsp3) is 0.458. The highest BCUT2D eigenvalue weighted by atomic mass is 127. The summed E-state index contributed by atoms with van der Waals surface area (Å²) in [6.07, 6.45) is 1.88. The fourth-order valence-electron chi connectivity index (χ4n) is 3.81. The van der Waals surface area contributed by atoms with E-state index in [1.54, 1.807) is 26.1 Å². The first-order valence-corrected chi connectivity index (χ1v) is 10.6. The second-order valence-corrected chi connectivity index (χ2v) is 7.71. The first-order valence-electron chi connectivity index (χ1n) is 10.6. The highest BCUT2D eigenvalue weighted by Crippen LogP contribution is 2.35. The Labute approximate surface area is 201 Å². The maximum atomic E-state index is 13.8. The molecule has 0 bridgehead atoms. The summed E-state index contributed by atoms with van der Waals surface area (Å²) in [4.78, 5) is 4.34. The Hall–Kier alpha value is -1.87. The minimum absolute atomic E-state index is 0. The monoisotopic (exact) mass is 541 g/mol. The fourth-order valence-corrected chi connectivity index (χ4v) is 3.81. The van der Waals surface area contributed by atoms with E-state index in [2.05, 4.69) is 27.8 Å². The van der Waals surface area contributed by atoms with Crippen molar-refractivity contribution >= 4 is 29.9 Å². The first kappa shape index (κ1) is 25.4. The van der Waals surface area contributed by atoms with Crippen LogP contribution in [0.15, 0.2) is 47.5 Å². The summed E-state index contributed by atoms with van der Waals surface area (Å²) in [6, 6.07) is 13.7. The molecule has 0 saturated carbocycles. The predicted molar refractivity (Wildman–Crippen MR) is 134 cm³/mol. The highest BCUT2D eigenvalue weighted by molar-refractivity contribution is 14.0. The number of hydrogen-bond acceptors (Lipinski definition) is 3. The molecule has 3 rings (SSSR count). The highest BCUT2D eigenvalue weighted by Gasteiger charge is 2.34. The van der Waals surface area contributed by atoms with E-state index in [4.69, 9.17) is 9.47 Å². The molecule has 2 aromatic rings. The van der Waals surface area contributed by atoms with Crippen LogP contribution in [-0.2, 0) is 16.7 Å². The van der Waals surface area contributed by atoms with Gasteiger partial charge in [-0.05, 0) is 61.6 Å². The maximum absolute atomic E-state index is 13.8. The van der Waals surface area contributed by atoms with Gasteiger partial charge in [0, 0.05) is 38.8 Å². The smallest absolute Gasteiger partial charge is 0.191 e. The molecular formula is C24H33FIN3O2. The molecule has 7 heteroatoms. The van der Waals surface area contributed by atoms with Crippen molar-refractivity contribution in [1.29, 1.82) is 0 Å². The molecule has 0 amide bonds. The molecule has 1 saturated heterocycles. The van der Waals surface area contributed by atoms with E-state index >= 15 is 0 Å². The van der Waals surface area contributed by atoms with Crippen LogP contribution in [0, 0.1) is 12.7 Å². The van der Waals surface area contributed by atoms with Crippen molar-refractivity contribution in [3.05, 3.63) is 65.0 Å². The zero-order valence-electron chi connectivity index (χ0n) is 18.5. The maximum Gasteiger partial charge on any atom is 0.191 e. The predicted octanol–water partition coefficient (Wildman–Crippen LogP) is 4.56. The van der Waals surface area contributed by atoms with Gasteiger partial charge in [-0.1, -0.05) is 24.3 Å². The molecule has 0 aromatic heterocycles. The number of aliphatic imine (C=N–C) groups is 1. The molecule has 1 aliphatic heterocycles. The number of benzene rings is 2. The largest absolute Gasteiger partial charge is 0.494 e. The van der Waals surface area contributed by atoms with Gasteiger partial charge in [0.1, 0.15) is 11.6 Å². The number of rotatable bonds is 7. The van der Waals surface area contributed by atoms with Gasteiger partial charge in [-0.25, -0.2) is 4.39 Å². The van der Waals surface area contributed by atoms with Crippen LogP contribution in [0.2, 0.25) is 0 Å². The lowest BCUT2D eigenvalue weighted by molar-refractivity contribution is 0.0513. The molecule has 31 heavy (non-hydrogen) atoms. The van der Waals surface area contributed by atoms with Crippen molar-refractivity contribution < 1.29 is 13.9 Å². The Morgan fingerprint density at radius 3 is 2.45 bits per heavy atom. The second-order valence-electron chi connectivity index (χ2n) is 7.71. The molecule has 0 atom stereocenters. The van der Waals surface area contributed by atoms with E-state index in [1.807, 2.05) is 25.1 Å². The van der Waals surface area contributed by atoms with Crippen LogP contribution < -0.4 is 15.4 Å². The summed E-state index contributed by atoms with van der Waals surface area (Å²) in [5, 5.41) is 6.76. The lowest BCUT2D eigenvalue weighted by atomic mass is 9.74. The summed E-state index contributed by atoms with van der Waals surface area (Å²) in [6.45, 7) is 7.14. The van der Waals surface area contributed by atoms with Crippen molar-refractivity contribution in [2.24, 2.45) is 4.99 Å². The number of hydrogen-bond donors (Lipinski definition) is 2. The summed E-state index contributed by atoms with van der Waals surface area (Å²) in [5.74, 6) is 1.40. The molecule has 1 heterocycles. The second kappa shape index (κ2) is 12.2. The third-order valence-electron chi connectivity index (χ3n) is 5.74. The molecule has 0 unspecified atom stereocenters. The number of aryl methyl sites for hydroxylation is 1. The van der Waals surface area contributed by atoms with Crippen molar-refractivity contribution in [2.75, 3.05) is 33.4 Å². The van der Waals surface area contributed by atoms with E-state index < -0.39 is 0 Å². The van der Waals surface area contributed by atoms with Crippen LogP contribution in [0.1, 0.15) is 36.5 Å². The Balaban J connectivity index is 0.00000341. The standard InChI is InChI=1S/C24H32FN3O2.HI/c1-4-30-21-9-7-20(8-10-21)24(11-13-29-14-12-24)17-28-23(26-3)27-16-19-6-5-18(2)22(25)15-19;/h5-10,15H,4,11-14,16-17H2,1-3H3,(H2,26,27,28);1H. The molecule has 5 nitrogen and oxygen atoms in total. The Kier molecular flexibility index (Phi) is 10.0. The lowest BCUT2D eigenvalue weighted by Gasteiger charge is -2.38. The molecule has 1 fully saturated rings. The van der Waals surface area contributed by atoms with Gasteiger partial charge in [-0.15, -0.1) is 24.0 Å². The van der Waals surface area contributed by atoms with Crippen LogP contribution in [0.25, 0.3) is 0 Å². The van der Waals surface area contributed by atoms with Gasteiger partial charge < -0.3 is 20.1 Å². The molecule has 170 valence electrons. The summed E-state index contributed by atoms with van der Waals surface area (Å²) >= 11 is 0. The van der Waals surface area contributed by atoms with E-state index in [0.29, 0.717) is 24.7 Å². The molecule has 1 aliphatic rings. The third kappa shape index (κ3) is 6.80. The van der Waals surface area contributed by atoms with Crippen molar-refractivity contribution in [1.82, 2.24) is 10.6 Å².